The molecule has 0 saturated heterocycles. The third-order valence-electron chi connectivity index (χ3n) is 2.81. The van der Waals surface area contributed by atoms with E-state index >= 15 is 0 Å². The van der Waals surface area contributed by atoms with E-state index in [1.54, 1.807) is 6.07 Å². The summed E-state index contributed by atoms with van der Waals surface area (Å²) < 4.78 is 25.8. The number of urea groups is 1. The number of carbonyl (C=O) groups excluding carboxylic acids is 1. The normalized spacial score (nSPS) is 10.2. The molecule has 5 heteroatoms. The minimum atomic E-state index is -1.01. The predicted octanol–water partition coefficient (Wildman–Crippen LogP) is 4.23. The van der Waals surface area contributed by atoms with Gasteiger partial charge in [-0.25, -0.2) is 13.6 Å². The van der Waals surface area contributed by atoms with E-state index in [9.17, 15) is 13.6 Å². The zero-order chi connectivity index (χ0) is 14.7. The van der Waals surface area contributed by atoms with Crippen molar-refractivity contribution < 1.29 is 13.6 Å². The Bertz CT molecular complexity index is 656. The Labute approximate surface area is 115 Å². The summed E-state index contributed by atoms with van der Waals surface area (Å²) in [6, 6.07) is 8.27. The molecular formula is C15H14F2N2O. The number of halogens is 2. The molecule has 0 atom stereocenters. The number of hydrogen-bond donors (Lipinski definition) is 2. The monoisotopic (exact) mass is 276 g/mol. The van der Waals surface area contributed by atoms with Crippen molar-refractivity contribution >= 4 is 17.4 Å². The summed E-state index contributed by atoms with van der Waals surface area (Å²) in [6.45, 7) is 3.83. The van der Waals surface area contributed by atoms with E-state index < -0.39 is 17.7 Å². The standard InChI is InChI=1S/C15H14F2N2O/c1-9-3-6-14(10(2)7-9)19-15(20)18-11-4-5-12(16)13(17)8-11/h3-8H,1-2H3,(H2,18,19,20). The van der Waals surface area contributed by atoms with Crippen LogP contribution in [0.1, 0.15) is 11.1 Å². The molecule has 0 unspecified atom stereocenters. The largest absolute Gasteiger partial charge is 0.323 e. The van der Waals surface area contributed by atoms with Gasteiger partial charge in [0, 0.05) is 17.4 Å². The molecule has 2 amide bonds. The van der Waals surface area contributed by atoms with E-state index in [1.165, 1.54) is 6.07 Å². The van der Waals surface area contributed by atoms with Gasteiger partial charge in [0.15, 0.2) is 11.6 Å². The molecule has 0 aliphatic rings. The molecule has 0 aliphatic heterocycles. The van der Waals surface area contributed by atoms with Crippen molar-refractivity contribution in [1.29, 1.82) is 0 Å². The number of hydrogen-bond acceptors (Lipinski definition) is 1. The zero-order valence-electron chi connectivity index (χ0n) is 11.1. The van der Waals surface area contributed by atoms with Crippen LogP contribution >= 0.6 is 0 Å². The predicted molar refractivity (Wildman–Crippen MR) is 74.9 cm³/mol. The molecular weight excluding hydrogens is 262 g/mol. The second-order valence-electron chi connectivity index (χ2n) is 4.53. The van der Waals surface area contributed by atoms with Gasteiger partial charge in [0.25, 0.3) is 0 Å². The number of aryl methyl sites for hydroxylation is 2. The van der Waals surface area contributed by atoms with Gasteiger partial charge in [0.05, 0.1) is 0 Å². The minimum Gasteiger partial charge on any atom is -0.308 e. The molecule has 2 aromatic rings. The maximum absolute atomic E-state index is 13.0. The maximum atomic E-state index is 13.0. The van der Waals surface area contributed by atoms with Crippen molar-refractivity contribution in [3.63, 3.8) is 0 Å². The lowest BCUT2D eigenvalue weighted by Gasteiger charge is -2.10. The number of rotatable bonds is 2. The van der Waals surface area contributed by atoms with Crippen LogP contribution in [0.3, 0.4) is 0 Å². The second-order valence-corrected chi connectivity index (χ2v) is 4.53. The van der Waals surface area contributed by atoms with Gasteiger partial charge < -0.3 is 10.6 Å². The smallest absolute Gasteiger partial charge is 0.308 e. The Morgan fingerprint density at radius 3 is 2.35 bits per heavy atom. The topological polar surface area (TPSA) is 41.1 Å². The summed E-state index contributed by atoms with van der Waals surface area (Å²) in [5.41, 5.74) is 2.86. The summed E-state index contributed by atoms with van der Waals surface area (Å²) in [5, 5.41) is 5.10. The highest BCUT2D eigenvalue weighted by molar-refractivity contribution is 6.00. The summed E-state index contributed by atoms with van der Waals surface area (Å²) in [4.78, 5) is 11.8. The Hall–Kier alpha value is -2.43. The van der Waals surface area contributed by atoms with Crippen LogP contribution in [0.25, 0.3) is 0 Å². The van der Waals surface area contributed by atoms with Crippen LogP contribution in [0.2, 0.25) is 0 Å². The van der Waals surface area contributed by atoms with Crippen molar-refractivity contribution in [3.8, 4) is 0 Å². The van der Waals surface area contributed by atoms with Gasteiger partial charge in [0.1, 0.15) is 0 Å². The van der Waals surface area contributed by atoms with E-state index in [1.807, 2.05) is 26.0 Å². The highest BCUT2D eigenvalue weighted by Gasteiger charge is 2.07. The molecule has 2 rings (SSSR count). The molecule has 0 spiro atoms. The van der Waals surface area contributed by atoms with Crippen molar-refractivity contribution in [2.75, 3.05) is 10.6 Å². The second kappa shape index (κ2) is 5.69. The van der Waals surface area contributed by atoms with E-state index in [0.717, 1.165) is 23.3 Å². The fourth-order valence-corrected chi connectivity index (χ4v) is 1.81. The number of nitrogens with one attached hydrogen (secondary N) is 2. The third-order valence-corrected chi connectivity index (χ3v) is 2.81. The van der Waals surface area contributed by atoms with Crippen LogP contribution in [-0.4, -0.2) is 6.03 Å². The first-order chi connectivity index (χ1) is 9.45. The van der Waals surface area contributed by atoms with Gasteiger partial charge in [0.2, 0.25) is 0 Å². The number of benzene rings is 2. The minimum absolute atomic E-state index is 0.186. The molecule has 20 heavy (non-hydrogen) atoms. The van der Waals surface area contributed by atoms with Crippen LogP contribution < -0.4 is 10.6 Å². The number of amides is 2. The van der Waals surface area contributed by atoms with E-state index in [4.69, 9.17) is 0 Å². The Kier molecular flexibility index (Phi) is 3.98. The molecule has 0 fully saturated rings. The maximum Gasteiger partial charge on any atom is 0.323 e. The molecule has 0 bridgehead atoms. The summed E-state index contributed by atoms with van der Waals surface area (Å²) in [6.07, 6.45) is 0. The average molecular weight is 276 g/mol. The molecule has 3 nitrogen and oxygen atoms in total. The average Bonchev–Trinajstić information content (AvgIpc) is 2.37. The van der Waals surface area contributed by atoms with E-state index in [2.05, 4.69) is 10.6 Å². The van der Waals surface area contributed by atoms with Crippen molar-refractivity contribution in [2.45, 2.75) is 13.8 Å². The van der Waals surface area contributed by atoms with Crippen molar-refractivity contribution in [2.24, 2.45) is 0 Å². The summed E-state index contributed by atoms with van der Waals surface area (Å²) in [5.74, 6) is -1.96. The van der Waals surface area contributed by atoms with E-state index in [0.29, 0.717) is 5.69 Å². The van der Waals surface area contributed by atoms with Crippen LogP contribution in [0.15, 0.2) is 36.4 Å². The lowest BCUT2D eigenvalue weighted by atomic mass is 10.1. The summed E-state index contributed by atoms with van der Waals surface area (Å²) in [7, 11) is 0. The molecule has 0 heterocycles. The highest BCUT2D eigenvalue weighted by atomic mass is 19.2. The highest BCUT2D eigenvalue weighted by Crippen LogP contribution is 2.17. The lowest BCUT2D eigenvalue weighted by Crippen LogP contribution is -2.20. The SMILES string of the molecule is Cc1ccc(NC(=O)Nc2ccc(F)c(F)c2)c(C)c1. The summed E-state index contributed by atoms with van der Waals surface area (Å²) >= 11 is 0. The number of carbonyl (C=O) groups is 1. The van der Waals surface area contributed by atoms with E-state index in [-0.39, 0.29) is 5.69 Å². The first-order valence-corrected chi connectivity index (χ1v) is 6.06. The molecule has 0 aliphatic carbocycles. The van der Waals surface area contributed by atoms with Crippen LogP contribution in [0, 0.1) is 25.5 Å². The van der Waals surface area contributed by atoms with Gasteiger partial charge in [-0.15, -0.1) is 0 Å². The Balaban J connectivity index is 2.07. The van der Waals surface area contributed by atoms with Crippen LogP contribution in [-0.2, 0) is 0 Å². The van der Waals surface area contributed by atoms with Crippen molar-refractivity contribution in [1.82, 2.24) is 0 Å². The quantitative estimate of drug-likeness (QED) is 0.847. The molecule has 2 N–H and O–H groups in total. The molecule has 0 radical (unpaired) electrons. The molecule has 2 aromatic carbocycles. The Morgan fingerprint density at radius 2 is 1.70 bits per heavy atom. The van der Waals surface area contributed by atoms with Crippen LogP contribution in [0.4, 0.5) is 25.0 Å². The van der Waals surface area contributed by atoms with Gasteiger partial charge in [-0.05, 0) is 37.6 Å². The van der Waals surface area contributed by atoms with Gasteiger partial charge in [-0.3, -0.25) is 0 Å². The number of anilines is 2. The molecule has 104 valence electrons. The van der Waals surface area contributed by atoms with Gasteiger partial charge in [-0.1, -0.05) is 17.7 Å². The fourth-order valence-electron chi connectivity index (χ4n) is 1.81. The van der Waals surface area contributed by atoms with Crippen molar-refractivity contribution in [3.05, 3.63) is 59.2 Å². The lowest BCUT2D eigenvalue weighted by molar-refractivity contribution is 0.262. The third kappa shape index (κ3) is 3.32. The first-order valence-electron chi connectivity index (χ1n) is 6.06. The fraction of sp³-hybridized carbons (Fsp3) is 0.133. The Morgan fingerprint density at radius 1 is 0.950 bits per heavy atom. The first kappa shape index (κ1) is 14.0. The van der Waals surface area contributed by atoms with Gasteiger partial charge in [-0.2, -0.15) is 0 Å². The van der Waals surface area contributed by atoms with Crippen LogP contribution in [0.5, 0.6) is 0 Å². The van der Waals surface area contributed by atoms with Gasteiger partial charge >= 0.3 is 6.03 Å². The molecule has 0 aromatic heterocycles. The molecule has 0 saturated carbocycles. The zero-order valence-corrected chi connectivity index (χ0v) is 11.1.